The van der Waals surface area contributed by atoms with Gasteiger partial charge in [0, 0.05) is 6.42 Å². The van der Waals surface area contributed by atoms with E-state index in [1.54, 1.807) is 0 Å². The first kappa shape index (κ1) is 12.7. The van der Waals surface area contributed by atoms with Crippen LogP contribution in [0.2, 0.25) is 0 Å². The summed E-state index contributed by atoms with van der Waals surface area (Å²) in [5.41, 5.74) is 2.72. The molecule has 1 saturated heterocycles. The highest BCUT2D eigenvalue weighted by atomic mass is 16.1. The number of carbonyl (C=O) groups excluding carboxylic acids is 1. The molecule has 1 heterocycles. The van der Waals surface area contributed by atoms with E-state index in [-0.39, 0.29) is 11.9 Å². The molecular formula is C16H22N2O. The van der Waals surface area contributed by atoms with Crippen molar-refractivity contribution in [1.82, 2.24) is 10.6 Å². The van der Waals surface area contributed by atoms with E-state index in [9.17, 15) is 4.79 Å². The van der Waals surface area contributed by atoms with Crippen molar-refractivity contribution in [3.05, 3.63) is 35.4 Å². The number of hydrogen-bond acceptors (Lipinski definition) is 2. The Balaban J connectivity index is 1.55. The van der Waals surface area contributed by atoms with Crippen LogP contribution in [0.25, 0.3) is 0 Å². The Bertz CT molecular complexity index is 452. The molecule has 2 N–H and O–H groups in total. The second kappa shape index (κ2) is 5.74. The summed E-state index contributed by atoms with van der Waals surface area (Å²) in [6.45, 7) is 2.12. The number of carbonyl (C=O) groups is 1. The van der Waals surface area contributed by atoms with Crippen LogP contribution in [0, 0.1) is 5.92 Å². The maximum Gasteiger partial charge on any atom is 0.220 e. The van der Waals surface area contributed by atoms with E-state index >= 15 is 0 Å². The zero-order chi connectivity index (χ0) is 13.1. The Kier molecular flexibility index (Phi) is 3.83. The van der Waals surface area contributed by atoms with Gasteiger partial charge in [0.15, 0.2) is 0 Å². The van der Waals surface area contributed by atoms with Crippen molar-refractivity contribution < 1.29 is 4.79 Å². The quantitative estimate of drug-likeness (QED) is 0.872. The molecule has 0 spiro atoms. The van der Waals surface area contributed by atoms with Crippen LogP contribution in [-0.4, -0.2) is 19.0 Å². The van der Waals surface area contributed by atoms with Gasteiger partial charge >= 0.3 is 0 Å². The molecule has 1 amide bonds. The maximum atomic E-state index is 12.1. The molecule has 1 aliphatic carbocycles. The smallest absolute Gasteiger partial charge is 0.220 e. The van der Waals surface area contributed by atoms with Gasteiger partial charge in [-0.3, -0.25) is 4.79 Å². The van der Waals surface area contributed by atoms with E-state index in [0.29, 0.717) is 12.3 Å². The predicted molar refractivity (Wildman–Crippen MR) is 75.9 cm³/mol. The van der Waals surface area contributed by atoms with Crippen LogP contribution < -0.4 is 10.6 Å². The largest absolute Gasteiger partial charge is 0.349 e. The number of aryl methyl sites for hydroxylation is 1. The summed E-state index contributed by atoms with van der Waals surface area (Å²) in [6, 6.07) is 8.71. The van der Waals surface area contributed by atoms with Gasteiger partial charge in [-0.2, -0.15) is 0 Å². The molecule has 0 aromatic heterocycles. The zero-order valence-electron chi connectivity index (χ0n) is 11.3. The van der Waals surface area contributed by atoms with E-state index < -0.39 is 0 Å². The van der Waals surface area contributed by atoms with Crippen LogP contribution in [0.4, 0.5) is 0 Å². The summed E-state index contributed by atoms with van der Waals surface area (Å²) in [5.74, 6) is 0.798. The lowest BCUT2D eigenvalue weighted by molar-refractivity contribution is -0.122. The number of hydrogen-bond donors (Lipinski definition) is 2. The van der Waals surface area contributed by atoms with Crippen molar-refractivity contribution in [3.8, 4) is 0 Å². The predicted octanol–water partition coefficient (Wildman–Crippen LogP) is 2.18. The molecule has 1 aromatic carbocycles. The van der Waals surface area contributed by atoms with Crippen LogP contribution in [0.1, 0.15) is 42.9 Å². The van der Waals surface area contributed by atoms with E-state index in [2.05, 4.69) is 34.9 Å². The summed E-state index contributed by atoms with van der Waals surface area (Å²) in [4.78, 5) is 12.1. The number of rotatable bonds is 3. The third-order valence-electron chi connectivity index (χ3n) is 4.40. The molecule has 1 aliphatic heterocycles. The molecule has 0 radical (unpaired) electrons. The van der Waals surface area contributed by atoms with Crippen molar-refractivity contribution in [2.24, 2.45) is 5.92 Å². The van der Waals surface area contributed by atoms with Crippen LogP contribution >= 0.6 is 0 Å². The first-order chi connectivity index (χ1) is 9.33. The first-order valence-corrected chi connectivity index (χ1v) is 7.41. The van der Waals surface area contributed by atoms with Gasteiger partial charge in [-0.1, -0.05) is 24.3 Å². The monoisotopic (exact) mass is 258 g/mol. The van der Waals surface area contributed by atoms with Crippen LogP contribution in [0.15, 0.2) is 24.3 Å². The number of piperidine rings is 1. The van der Waals surface area contributed by atoms with Gasteiger partial charge in [-0.05, 0) is 55.8 Å². The Morgan fingerprint density at radius 1 is 1.21 bits per heavy atom. The molecule has 3 nitrogen and oxygen atoms in total. The lowest BCUT2D eigenvalue weighted by Gasteiger charge is -2.23. The van der Waals surface area contributed by atoms with Gasteiger partial charge in [0.2, 0.25) is 5.91 Å². The molecule has 0 bridgehead atoms. The Labute approximate surface area is 114 Å². The minimum absolute atomic E-state index is 0.230. The zero-order valence-corrected chi connectivity index (χ0v) is 11.3. The van der Waals surface area contributed by atoms with Crippen LogP contribution in [0.5, 0.6) is 0 Å². The molecule has 0 saturated carbocycles. The summed E-state index contributed by atoms with van der Waals surface area (Å²) < 4.78 is 0. The van der Waals surface area contributed by atoms with E-state index in [1.807, 2.05) is 0 Å². The van der Waals surface area contributed by atoms with E-state index in [1.165, 1.54) is 11.1 Å². The summed E-state index contributed by atoms with van der Waals surface area (Å²) in [5, 5.41) is 6.57. The fourth-order valence-electron chi connectivity index (χ4n) is 3.31. The number of fused-ring (bicyclic) bond motifs is 1. The normalized spacial score (nSPS) is 23.1. The van der Waals surface area contributed by atoms with Gasteiger partial charge < -0.3 is 10.6 Å². The average molecular weight is 258 g/mol. The van der Waals surface area contributed by atoms with E-state index in [4.69, 9.17) is 0 Å². The number of amides is 1. The molecule has 3 rings (SSSR count). The van der Waals surface area contributed by atoms with E-state index in [0.717, 1.165) is 38.8 Å². The summed E-state index contributed by atoms with van der Waals surface area (Å²) in [7, 11) is 0. The second-order valence-electron chi connectivity index (χ2n) is 5.76. The summed E-state index contributed by atoms with van der Waals surface area (Å²) >= 11 is 0. The minimum atomic E-state index is 0.230. The third kappa shape index (κ3) is 2.98. The molecule has 1 aromatic rings. The highest BCUT2D eigenvalue weighted by Gasteiger charge is 2.24. The summed E-state index contributed by atoms with van der Waals surface area (Å²) in [6.07, 6.45) is 5.11. The van der Waals surface area contributed by atoms with Crippen molar-refractivity contribution in [2.45, 2.75) is 38.1 Å². The molecule has 2 aliphatic rings. The lowest BCUT2D eigenvalue weighted by Crippen LogP contribution is -2.33. The molecule has 3 heteroatoms. The van der Waals surface area contributed by atoms with Gasteiger partial charge in [-0.15, -0.1) is 0 Å². The third-order valence-corrected chi connectivity index (χ3v) is 4.40. The van der Waals surface area contributed by atoms with Crippen molar-refractivity contribution >= 4 is 5.91 Å². The fourth-order valence-corrected chi connectivity index (χ4v) is 3.31. The standard InChI is InChI=1S/C16H22N2O/c19-16(11-12-7-9-17-10-8-12)18-15-6-5-13-3-1-2-4-14(13)15/h1-4,12,15,17H,5-11H2,(H,18,19). The van der Waals surface area contributed by atoms with Gasteiger partial charge in [0.25, 0.3) is 0 Å². The number of benzene rings is 1. The van der Waals surface area contributed by atoms with Crippen molar-refractivity contribution in [1.29, 1.82) is 0 Å². The highest BCUT2D eigenvalue weighted by Crippen LogP contribution is 2.31. The molecular weight excluding hydrogens is 236 g/mol. The van der Waals surface area contributed by atoms with Crippen molar-refractivity contribution in [3.63, 3.8) is 0 Å². The first-order valence-electron chi connectivity index (χ1n) is 7.41. The Hall–Kier alpha value is -1.35. The molecule has 102 valence electrons. The van der Waals surface area contributed by atoms with Gasteiger partial charge in [0.1, 0.15) is 0 Å². The van der Waals surface area contributed by atoms with Gasteiger partial charge in [0.05, 0.1) is 6.04 Å². The molecule has 19 heavy (non-hydrogen) atoms. The Morgan fingerprint density at radius 2 is 2.00 bits per heavy atom. The SMILES string of the molecule is O=C(CC1CCNCC1)NC1CCc2ccccc21. The van der Waals surface area contributed by atoms with Crippen LogP contribution in [0.3, 0.4) is 0 Å². The van der Waals surface area contributed by atoms with Crippen LogP contribution in [-0.2, 0) is 11.2 Å². The van der Waals surface area contributed by atoms with Gasteiger partial charge in [-0.25, -0.2) is 0 Å². The fraction of sp³-hybridized carbons (Fsp3) is 0.562. The second-order valence-corrected chi connectivity index (χ2v) is 5.76. The van der Waals surface area contributed by atoms with Crippen molar-refractivity contribution in [2.75, 3.05) is 13.1 Å². The minimum Gasteiger partial charge on any atom is -0.349 e. The Morgan fingerprint density at radius 3 is 2.84 bits per heavy atom. The molecule has 1 fully saturated rings. The lowest BCUT2D eigenvalue weighted by atomic mass is 9.94. The molecule has 1 unspecified atom stereocenters. The highest BCUT2D eigenvalue weighted by molar-refractivity contribution is 5.77. The average Bonchev–Trinajstić information content (AvgIpc) is 2.83. The topological polar surface area (TPSA) is 41.1 Å². The number of nitrogens with one attached hydrogen (secondary N) is 2. The maximum absolute atomic E-state index is 12.1. The molecule has 1 atom stereocenters.